The Kier molecular flexibility index (Phi) is 8.68. The molecule has 2 heterocycles. The summed E-state index contributed by atoms with van der Waals surface area (Å²) in [5, 5.41) is 19.3. The molecule has 9 heteroatoms. The summed E-state index contributed by atoms with van der Waals surface area (Å²) in [6.45, 7) is 6.30. The number of sulfonamides is 1. The largest absolute Gasteiger partial charge is 0.487 e. The van der Waals surface area contributed by atoms with Gasteiger partial charge in [-0.05, 0) is 51.2 Å². The van der Waals surface area contributed by atoms with Crippen molar-refractivity contribution in [2.24, 2.45) is 5.92 Å². The SMILES string of the molecule is C[C@@H]1CN([C@H](C)CO)S(=O)(=O)c2ccc(C#C[C@@H](C)O)cc2O[C@H]1CN(C)Cc1ccccn1. The van der Waals surface area contributed by atoms with Crippen LogP contribution in [0.4, 0.5) is 0 Å². The van der Waals surface area contributed by atoms with Gasteiger partial charge >= 0.3 is 0 Å². The molecule has 8 nitrogen and oxygen atoms in total. The third kappa shape index (κ3) is 6.34. The second-order valence-electron chi connectivity index (χ2n) is 8.86. The molecule has 0 unspecified atom stereocenters. The Bertz CT molecular complexity index is 1130. The van der Waals surface area contributed by atoms with Crippen molar-refractivity contribution in [2.45, 2.75) is 50.5 Å². The number of nitrogens with zero attached hydrogens (tertiary/aromatic N) is 3. The molecule has 0 saturated heterocycles. The van der Waals surface area contributed by atoms with Gasteiger partial charge in [0.25, 0.3) is 0 Å². The fourth-order valence-corrected chi connectivity index (χ4v) is 5.67. The van der Waals surface area contributed by atoms with Crippen LogP contribution in [0.3, 0.4) is 0 Å². The third-order valence-corrected chi connectivity index (χ3v) is 7.76. The van der Waals surface area contributed by atoms with E-state index in [-0.39, 0.29) is 35.8 Å². The fourth-order valence-electron chi connectivity index (χ4n) is 3.85. The van der Waals surface area contributed by atoms with E-state index in [1.807, 2.05) is 32.2 Å². The van der Waals surface area contributed by atoms with Crippen LogP contribution < -0.4 is 4.74 Å². The Hall–Kier alpha value is -2.48. The summed E-state index contributed by atoms with van der Waals surface area (Å²) >= 11 is 0. The molecule has 0 fully saturated rings. The Morgan fingerprint density at radius 1 is 1.29 bits per heavy atom. The molecular formula is C25H33N3O5S. The third-order valence-electron chi connectivity index (χ3n) is 5.74. The first kappa shape index (κ1) is 26.1. The molecule has 0 bridgehead atoms. The lowest BCUT2D eigenvalue weighted by Crippen LogP contribution is -2.49. The van der Waals surface area contributed by atoms with Crippen molar-refractivity contribution in [3.05, 3.63) is 53.9 Å². The minimum Gasteiger partial charge on any atom is -0.487 e. The van der Waals surface area contributed by atoms with Crippen LogP contribution in [0, 0.1) is 17.8 Å². The van der Waals surface area contributed by atoms with E-state index in [4.69, 9.17) is 4.74 Å². The molecular weight excluding hydrogens is 454 g/mol. The predicted molar refractivity (Wildman–Crippen MR) is 130 cm³/mol. The van der Waals surface area contributed by atoms with Crippen LogP contribution in [-0.2, 0) is 16.6 Å². The Labute approximate surface area is 202 Å². The number of hydrogen-bond acceptors (Lipinski definition) is 7. The number of rotatable bonds is 6. The summed E-state index contributed by atoms with van der Waals surface area (Å²) in [7, 11) is -1.94. The highest BCUT2D eigenvalue weighted by Crippen LogP contribution is 2.34. The Balaban J connectivity index is 1.99. The van der Waals surface area contributed by atoms with Crippen molar-refractivity contribution in [3.8, 4) is 17.6 Å². The van der Waals surface area contributed by atoms with Crippen molar-refractivity contribution < 1.29 is 23.4 Å². The molecule has 1 aromatic heterocycles. The maximum absolute atomic E-state index is 13.5. The summed E-state index contributed by atoms with van der Waals surface area (Å²) in [6, 6.07) is 9.88. The van der Waals surface area contributed by atoms with Crippen LogP contribution in [0.2, 0.25) is 0 Å². The zero-order chi connectivity index (χ0) is 24.9. The molecule has 0 aliphatic carbocycles. The first-order valence-electron chi connectivity index (χ1n) is 11.3. The summed E-state index contributed by atoms with van der Waals surface area (Å²) in [6.07, 6.45) is 0.625. The average Bonchev–Trinajstić information content (AvgIpc) is 2.80. The molecule has 1 aliphatic rings. The van der Waals surface area contributed by atoms with Gasteiger partial charge in [-0.25, -0.2) is 8.42 Å². The molecule has 184 valence electrons. The summed E-state index contributed by atoms with van der Waals surface area (Å²) in [5.41, 5.74) is 1.48. The van der Waals surface area contributed by atoms with Crippen molar-refractivity contribution in [1.82, 2.24) is 14.2 Å². The number of hydrogen-bond donors (Lipinski definition) is 2. The van der Waals surface area contributed by atoms with E-state index < -0.39 is 22.2 Å². The number of aromatic nitrogens is 1. The highest BCUT2D eigenvalue weighted by Gasteiger charge is 2.38. The van der Waals surface area contributed by atoms with Crippen molar-refractivity contribution in [2.75, 3.05) is 26.7 Å². The normalized spacial score (nSPS) is 21.9. The van der Waals surface area contributed by atoms with E-state index in [0.717, 1.165) is 5.69 Å². The lowest BCUT2D eigenvalue weighted by molar-refractivity contribution is 0.0730. The minimum absolute atomic E-state index is 0.0414. The number of pyridine rings is 1. The van der Waals surface area contributed by atoms with E-state index in [9.17, 15) is 18.6 Å². The number of benzene rings is 1. The zero-order valence-corrected chi connectivity index (χ0v) is 20.9. The lowest BCUT2D eigenvalue weighted by atomic mass is 10.0. The van der Waals surface area contributed by atoms with Crippen LogP contribution in [0.1, 0.15) is 32.0 Å². The maximum Gasteiger partial charge on any atom is 0.247 e. The van der Waals surface area contributed by atoms with Crippen LogP contribution in [-0.4, -0.2) is 77.8 Å². The van der Waals surface area contributed by atoms with Gasteiger partial charge in [0, 0.05) is 43.4 Å². The second-order valence-corrected chi connectivity index (χ2v) is 10.7. The molecule has 1 aromatic carbocycles. The highest BCUT2D eigenvalue weighted by atomic mass is 32.2. The van der Waals surface area contributed by atoms with Gasteiger partial charge in [0.05, 0.1) is 12.3 Å². The van der Waals surface area contributed by atoms with Gasteiger partial charge in [-0.3, -0.25) is 9.88 Å². The number of ether oxygens (including phenoxy) is 1. The van der Waals surface area contributed by atoms with E-state index in [1.54, 1.807) is 32.2 Å². The summed E-state index contributed by atoms with van der Waals surface area (Å²) in [4.78, 5) is 6.51. The lowest BCUT2D eigenvalue weighted by Gasteiger charge is -2.37. The van der Waals surface area contributed by atoms with Gasteiger partial charge < -0.3 is 14.9 Å². The first-order valence-corrected chi connectivity index (χ1v) is 12.8. The van der Waals surface area contributed by atoms with Gasteiger partial charge in [-0.15, -0.1) is 0 Å². The smallest absolute Gasteiger partial charge is 0.247 e. The fraction of sp³-hybridized carbons (Fsp3) is 0.480. The summed E-state index contributed by atoms with van der Waals surface area (Å²) in [5.74, 6) is 5.59. The van der Waals surface area contributed by atoms with Crippen LogP contribution in [0.5, 0.6) is 5.75 Å². The van der Waals surface area contributed by atoms with Gasteiger partial charge in [-0.1, -0.05) is 24.8 Å². The molecule has 1 aliphatic heterocycles. The van der Waals surface area contributed by atoms with Crippen molar-refractivity contribution in [1.29, 1.82) is 0 Å². The molecule has 4 atom stereocenters. The van der Waals surface area contributed by atoms with Gasteiger partial charge in [0.15, 0.2) is 0 Å². The monoisotopic (exact) mass is 487 g/mol. The first-order chi connectivity index (χ1) is 16.1. The van der Waals surface area contributed by atoms with Crippen LogP contribution >= 0.6 is 0 Å². The number of likely N-dealkylation sites (N-methyl/N-ethyl adjacent to an activating group) is 1. The van der Waals surface area contributed by atoms with Gasteiger partial charge in [0.1, 0.15) is 22.9 Å². The molecule has 3 rings (SSSR count). The Morgan fingerprint density at radius 3 is 2.71 bits per heavy atom. The van der Waals surface area contributed by atoms with Crippen LogP contribution in [0.15, 0.2) is 47.5 Å². The highest BCUT2D eigenvalue weighted by molar-refractivity contribution is 7.89. The molecule has 0 radical (unpaired) electrons. The van der Waals surface area contributed by atoms with E-state index in [0.29, 0.717) is 18.7 Å². The average molecular weight is 488 g/mol. The van der Waals surface area contributed by atoms with Gasteiger partial charge in [0.2, 0.25) is 10.0 Å². The molecule has 0 amide bonds. The van der Waals surface area contributed by atoms with Crippen molar-refractivity contribution >= 4 is 10.0 Å². The quantitative estimate of drug-likeness (QED) is 0.598. The summed E-state index contributed by atoms with van der Waals surface area (Å²) < 4.78 is 34.7. The molecule has 0 saturated carbocycles. The van der Waals surface area contributed by atoms with E-state index >= 15 is 0 Å². The number of fused-ring (bicyclic) bond motifs is 1. The number of aliphatic hydroxyl groups is 2. The molecule has 2 aromatic rings. The topological polar surface area (TPSA) is 103 Å². The second kappa shape index (κ2) is 11.3. The zero-order valence-electron chi connectivity index (χ0n) is 20.0. The number of aliphatic hydroxyl groups excluding tert-OH is 2. The van der Waals surface area contributed by atoms with E-state index in [2.05, 4.69) is 21.7 Å². The van der Waals surface area contributed by atoms with E-state index in [1.165, 1.54) is 10.4 Å². The van der Waals surface area contributed by atoms with Gasteiger partial charge in [-0.2, -0.15) is 4.31 Å². The standard InChI is InChI=1S/C25H33N3O5S/c1-18-14-28(19(2)17-29)34(31,32)25-11-10-21(9-8-20(3)30)13-23(25)33-24(18)16-27(4)15-22-7-5-6-12-26-22/h5-7,10-13,18-20,24,29-30H,14-17H2,1-4H3/t18-,19-,20-,24+/m1/s1. The maximum atomic E-state index is 13.5. The molecule has 0 spiro atoms. The molecule has 2 N–H and O–H groups in total. The Morgan fingerprint density at radius 2 is 2.06 bits per heavy atom. The minimum atomic E-state index is -3.91. The van der Waals surface area contributed by atoms with Crippen molar-refractivity contribution in [3.63, 3.8) is 0 Å². The van der Waals surface area contributed by atoms with Crippen LogP contribution in [0.25, 0.3) is 0 Å². The predicted octanol–water partition coefficient (Wildman–Crippen LogP) is 1.71. The molecule has 34 heavy (non-hydrogen) atoms.